The molecule has 1 unspecified atom stereocenters. The van der Waals surface area contributed by atoms with Crippen molar-refractivity contribution in [1.82, 2.24) is 0 Å². The number of rotatable bonds is 4. The van der Waals surface area contributed by atoms with E-state index in [0.29, 0.717) is 0 Å². The Labute approximate surface area is 148 Å². The van der Waals surface area contributed by atoms with Crippen molar-refractivity contribution in [3.63, 3.8) is 0 Å². The van der Waals surface area contributed by atoms with Crippen LogP contribution in [0.4, 0.5) is 13.2 Å². The second-order valence-electron chi connectivity index (χ2n) is 5.12. The minimum atomic E-state index is -4.66. The summed E-state index contributed by atoms with van der Waals surface area (Å²) in [6.45, 7) is 1.49. The summed E-state index contributed by atoms with van der Waals surface area (Å²) in [5.74, 6) is 0. The highest BCUT2D eigenvalue weighted by atomic mass is 35.5. The summed E-state index contributed by atoms with van der Waals surface area (Å²) >= 11 is 12.1. The van der Waals surface area contributed by atoms with E-state index in [1.165, 1.54) is 31.2 Å². The molecule has 0 amide bonds. The molecule has 0 N–H and O–H groups in total. The molecule has 2 nitrogen and oxygen atoms in total. The highest BCUT2D eigenvalue weighted by Gasteiger charge is 2.44. The SMILES string of the molecule is CCC(Cl)(c1cc(Cl)cc(C(F)(F)F)c1)S(=O)(=O)c1ccccc1. The summed E-state index contributed by atoms with van der Waals surface area (Å²) in [5, 5.41) is -0.235. The molecule has 0 fully saturated rings. The molecule has 0 radical (unpaired) electrons. The minimum Gasteiger partial charge on any atom is -0.221 e. The Balaban J connectivity index is 2.69. The number of alkyl halides is 4. The van der Waals surface area contributed by atoms with E-state index in [9.17, 15) is 21.6 Å². The average molecular weight is 397 g/mol. The third-order valence-corrected chi connectivity index (χ3v) is 7.17. The monoisotopic (exact) mass is 396 g/mol. The largest absolute Gasteiger partial charge is 0.416 e. The molecule has 1 atom stereocenters. The number of benzene rings is 2. The van der Waals surface area contributed by atoms with Gasteiger partial charge in [-0.15, -0.1) is 0 Å². The fraction of sp³-hybridized carbons (Fsp3) is 0.250. The molecule has 8 heteroatoms. The van der Waals surface area contributed by atoms with Gasteiger partial charge >= 0.3 is 6.18 Å². The standard InChI is InChI=1S/C16H13Cl2F3O2S/c1-2-15(18,24(22,23)14-6-4-3-5-7-14)11-8-12(16(19,20)21)10-13(17)9-11/h3-10H,2H2,1H3. The molecule has 0 saturated heterocycles. The van der Waals surface area contributed by atoms with E-state index in [0.717, 1.165) is 18.2 Å². The van der Waals surface area contributed by atoms with Crippen LogP contribution in [0.2, 0.25) is 5.02 Å². The van der Waals surface area contributed by atoms with Gasteiger partial charge in [-0.1, -0.05) is 48.3 Å². The quantitative estimate of drug-likeness (QED) is 0.627. The highest BCUT2D eigenvalue weighted by molar-refractivity contribution is 7.93. The van der Waals surface area contributed by atoms with E-state index in [2.05, 4.69) is 0 Å². The average Bonchev–Trinajstić information content (AvgIpc) is 2.53. The molecule has 24 heavy (non-hydrogen) atoms. The van der Waals surface area contributed by atoms with Crippen molar-refractivity contribution in [2.75, 3.05) is 0 Å². The lowest BCUT2D eigenvalue weighted by atomic mass is 10.1. The number of hydrogen-bond donors (Lipinski definition) is 0. The first kappa shape index (κ1) is 19.1. The molecule has 2 aromatic rings. The van der Waals surface area contributed by atoms with Crippen molar-refractivity contribution >= 4 is 33.0 Å². The van der Waals surface area contributed by atoms with Crippen molar-refractivity contribution in [3.8, 4) is 0 Å². The summed E-state index contributed by atoms with van der Waals surface area (Å²) in [6, 6.07) is 9.94. The Kier molecular flexibility index (Phi) is 5.23. The Hall–Kier alpha value is -1.24. The first-order valence-electron chi connectivity index (χ1n) is 6.89. The molecular formula is C16H13Cl2F3O2S. The van der Waals surface area contributed by atoms with Gasteiger partial charge in [-0.3, -0.25) is 0 Å². The van der Waals surface area contributed by atoms with Crippen LogP contribution in [0.1, 0.15) is 24.5 Å². The lowest BCUT2D eigenvalue weighted by Gasteiger charge is -2.27. The summed E-state index contributed by atoms with van der Waals surface area (Å²) < 4.78 is 62.8. The van der Waals surface area contributed by atoms with Gasteiger partial charge < -0.3 is 0 Å². The molecule has 130 valence electrons. The maximum atomic E-state index is 13.0. The van der Waals surface area contributed by atoms with Crippen LogP contribution in [0.3, 0.4) is 0 Å². The summed E-state index contributed by atoms with van der Waals surface area (Å²) in [6.07, 6.45) is -4.80. The van der Waals surface area contributed by atoms with Gasteiger partial charge in [0.05, 0.1) is 10.5 Å². The van der Waals surface area contributed by atoms with Crippen LogP contribution < -0.4 is 0 Å². The zero-order valence-corrected chi connectivity index (χ0v) is 14.8. The Bertz CT molecular complexity index is 836. The molecule has 0 aliphatic rings. The zero-order valence-electron chi connectivity index (χ0n) is 12.4. The molecule has 2 aromatic carbocycles. The van der Waals surface area contributed by atoms with Crippen molar-refractivity contribution in [3.05, 3.63) is 64.7 Å². The van der Waals surface area contributed by atoms with Gasteiger partial charge in [0.2, 0.25) is 9.84 Å². The van der Waals surface area contributed by atoms with Gasteiger partial charge in [0, 0.05) is 5.02 Å². The van der Waals surface area contributed by atoms with Crippen molar-refractivity contribution in [1.29, 1.82) is 0 Å². The lowest BCUT2D eigenvalue weighted by molar-refractivity contribution is -0.137. The number of sulfone groups is 1. The van der Waals surface area contributed by atoms with Gasteiger partial charge in [0.15, 0.2) is 4.21 Å². The molecule has 0 aromatic heterocycles. The van der Waals surface area contributed by atoms with Crippen molar-refractivity contribution in [2.24, 2.45) is 0 Å². The lowest BCUT2D eigenvalue weighted by Crippen LogP contribution is -2.30. The molecule has 0 aliphatic heterocycles. The summed E-state index contributed by atoms with van der Waals surface area (Å²) in [4.78, 5) is -0.0737. The van der Waals surface area contributed by atoms with Crippen LogP contribution in [-0.4, -0.2) is 8.42 Å². The molecule has 0 aliphatic carbocycles. The molecule has 2 rings (SSSR count). The fourth-order valence-electron chi connectivity index (χ4n) is 2.30. The van der Waals surface area contributed by atoms with E-state index in [-0.39, 0.29) is 21.9 Å². The molecule has 0 saturated carbocycles. The van der Waals surface area contributed by atoms with Crippen molar-refractivity contribution < 1.29 is 21.6 Å². The van der Waals surface area contributed by atoms with Crippen LogP contribution in [-0.2, 0) is 20.2 Å². The van der Waals surface area contributed by atoms with Crippen LogP contribution in [0.25, 0.3) is 0 Å². The fourth-order valence-corrected chi connectivity index (χ4v) is 4.61. The molecule has 0 bridgehead atoms. The van der Waals surface area contributed by atoms with Gasteiger partial charge in [-0.2, -0.15) is 13.2 Å². The van der Waals surface area contributed by atoms with E-state index in [1.807, 2.05) is 0 Å². The number of hydrogen-bond acceptors (Lipinski definition) is 2. The van der Waals surface area contributed by atoms with Crippen molar-refractivity contribution in [2.45, 2.75) is 28.6 Å². The molecule has 0 heterocycles. The van der Waals surface area contributed by atoms with Gasteiger partial charge in [-0.05, 0) is 42.3 Å². The summed E-state index contributed by atoms with van der Waals surface area (Å²) in [5.41, 5.74) is -1.26. The Morgan fingerprint density at radius 1 is 1.00 bits per heavy atom. The Morgan fingerprint density at radius 2 is 1.54 bits per heavy atom. The topological polar surface area (TPSA) is 34.1 Å². The summed E-state index contributed by atoms with van der Waals surface area (Å²) in [7, 11) is -4.14. The second-order valence-corrected chi connectivity index (χ2v) is 8.61. The van der Waals surface area contributed by atoms with E-state index < -0.39 is 25.8 Å². The maximum absolute atomic E-state index is 13.0. The number of halogens is 5. The van der Waals surface area contributed by atoms with Crippen LogP contribution >= 0.6 is 23.2 Å². The first-order chi connectivity index (χ1) is 11.0. The third kappa shape index (κ3) is 3.41. The Morgan fingerprint density at radius 3 is 2.04 bits per heavy atom. The zero-order chi connectivity index (χ0) is 18.2. The third-order valence-electron chi connectivity index (χ3n) is 3.59. The van der Waals surface area contributed by atoms with E-state index >= 15 is 0 Å². The normalized spacial score (nSPS) is 15.1. The van der Waals surface area contributed by atoms with Crippen LogP contribution in [0.15, 0.2) is 53.4 Å². The second kappa shape index (κ2) is 6.58. The van der Waals surface area contributed by atoms with Gasteiger partial charge in [0.25, 0.3) is 0 Å². The predicted octanol–water partition coefficient (Wildman–Crippen LogP) is 5.63. The smallest absolute Gasteiger partial charge is 0.221 e. The minimum absolute atomic E-state index is 0.0737. The van der Waals surface area contributed by atoms with Gasteiger partial charge in [-0.25, -0.2) is 8.42 Å². The predicted molar refractivity (Wildman–Crippen MR) is 87.9 cm³/mol. The maximum Gasteiger partial charge on any atom is 0.416 e. The van der Waals surface area contributed by atoms with E-state index in [4.69, 9.17) is 23.2 Å². The van der Waals surface area contributed by atoms with Gasteiger partial charge in [0.1, 0.15) is 0 Å². The molecular weight excluding hydrogens is 384 g/mol. The first-order valence-corrected chi connectivity index (χ1v) is 9.13. The molecule has 0 spiro atoms. The van der Waals surface area contributed by atoms with Crippen LogP contribution in [0, 0.1) is 0 Å². The highest BCUT2D eigenvalue weighted by Crippen LogP contribution is 2.44. The van der Waals surface area contributed by atoms with Crippen LogP contribution in [0.5, 0.6) is 0 Å². The van der Waals surface area contributed by atoms with E-state index in [1.54, 1.807) is 6.07 Å².